The SMILES string of the molecule is CC1(N)C=CC2=C(C=C1)C=CC(C)(SCCCN=C(N)N)C=C2. The van der Waals surface area contributed by atoms with Crippen LogP contribution >= 0.6 is 11.8 Å². The third-order valence-corrected chi connectivity index (χ3v) is 5.16. The Morgan fingerprint density at radius 2 is 1.52 bits per heavy atom. The minimum atomic E-state index is -0.392. The maximum Gasteiger partial charge on any atom is 0.185 e. The van der Waals surface area contributed by atoms with Crippen LogP contribution < -0.4 is 17.2 Å². The lowest BCUT2D eigenvalue weighted by Gasteiger charge is -2.20. The van der Waals surface area contributed by atoms with Crippen LogP contribution in [0.5, 0.6) is 0 Å². The number of allylic oxidation sites excluding steroid dienone is 6. The van der Waals surface area contributed by atoms with Crippen molar-refractivity contribution in [1.29, 1.82) is 0 Å². The highest BCUT2D eigenvalue weighted by molar-refractivity contribution is 8.00. The highest BCUT2D eigenvalue weighted by atomic mass is 32.2. The van der Waals surface area contributed by atoms with Gasteiger partial charge in [0.15, 0.2) is 5.96 Å². The molecule has 0 fully saturated rings. The molecule has 0 saturated carbocycles. The number of hydrogen-bond donors (Lipinski definition) is 3. The lowest BCUT2D eigenvalue weighted by Crippen LogP contribution is -2.30. The van der Waals surface area contributed by atoms with E-state index in [4.69, 9.17) is 17.2 Å². The molecule has 0 aromatic rings. The predicted molar refractivity (Wildman–Crippen MR) is 102 cm³/mol. The summed E-state index contributed by atoms with van der Waals surface area (Å²) in [7, 11) is 0. The first-order valence-corrected chi connectivity index (χ1v) is 8.78. The molecule has 2 rings (SSSR count). The fourth-order valence-electron chi connectivity index (χ4n) is 2.32. The Morgan fingerprint density at radius 3 is 2.04 bits per heavy atom. The summed E-state index contributed by atoms with van der Waals surface area (Å²) in [6, 6.07) is 0. The standard InChI is InChI=1S/C18H26N4S/c1-17(21)8-4-14-6-10-18(2,11-7-15(14)5-9-17)23-13-3-12-22-16(19)20/h4-11H,3,12-13,21H2,1-2H3,(H4,19,20,22). The summed E-state index contributed by atoms with van der Waals surface area (Å²) >= 11 is 1.89. The second kappa shape index (κ2) is 7.23. The highest BCUT2D eigenvalue weighted by Crippen LogP contribution is 2.33. The highest BCUT2D eigenvalue weighted by Gasteiger charge is 2.21. The fourth-order valence-corrected chi connectivity index (χ4v) is 3.36. The molecule has 0 aliphatic heterocycles. The van der Waals surface area contributed by atoms with Crippen LogP contribution in [-0.4, -0.2) is 28.5 Å². The van der Waals surface area contributed by atoms with Crippen LogP contribution in [0.2, 0.25) is 0 Å². The second-order valence-electron chi connectivity index (χ2n) is 6.30. The van der Waals surface area contributed by atoms with E-state index in [0.29, 0.717) is 6.54 Å². The van der Waals surface area contributed by atoms with E-state index in [0.717, 1.165) is 12.2 Å². The third kappa shape index (κ3) is 5.44. The summed E-state index contributed by atoms with van der Waals surface area (Å²) in [6.07, 6.45) is 18.1. The van der Waals surface area contributed by atoms with Gasteiger partial charge in [-0.05, 0) is 37.2 Å². The molecule has 23 heavy (non-hydrogen) atoms. The van der Waals surface area contributed by atoms with E-state index in [1.807, 2.05) is 30.8 Å². The monoisotopic (exact) mass is 330 g/mol. The zero-order valence-corrected chi connectivity index (χ0v) is 14.6. The summed E-state index contributed by atoms with van der Waals surface area (Å²) in [5.41, 5.74) is 18.8. The molecule has 0 spiro atoms. The normalized spacial score (nSPS) is 20.8. The van der Waals surface area contributed by atoms with E-state index in [1.165, 1.54) is 11.1 Å². The predicted octanol–water partition coefficient (Wildman–Crippen LogP) is 2.41. The van der Waals surface area contributed by atoms with Crippen molar-refractivity contribution in [2.24, 2.45) is 22.2 Å². The van der Waals surface area contributed by atoms with Crippen molar-refractivity contribution in [3.05, 3.63) is 59.8 Å². The summed E-state index contributed by atoms with van der Waals surface area (Å²) < 4.78 is -0.0299. The van der Waals surface area contributed by atoms with Gasteiger partial charge in [-0.15, -0.1) is 11.8 Å². The topological polar surface area (TPSA) is 90.4 Å². The molecule has 2 aliphatic carbocycles. The Hall–Kier alpha value is -1.72. The molecule has 0 atom stereocenters. The van der Waals surface area contributed by atoms with Crippen LogP contribution in [0, 0.1) is 0 Å². The molecular formula is C18H26N4S. The van der Waals surface area contributed by atoms with Crippen LogP contribution in [0.3, 0.4) is 0 Å². The molecule has 0 heterocycles. The first-order chi connectivity index (χ1) is 10.8. The van der Waals surface area contributed by atoms with Gasteiger partial charge in [0.1, 0.15) is 0 Å². The maximum absolute atomic E-state index is 6.16. The van der Waals surface area contributed by atoms with Crippen LogP contribution in [0.1, 0.15) is 20.3 Å². The number of aliphatic imine (C=N–C) groups is 1. The molecule has 0 aromatic carbocycles. The number of nitrogens with zero attached hydrogens (tertiary/aromatic N) is 1. The molecular weight excluding hydrogens is 304 g/mol. The van der Waals surface area contributed by atoms with Gasteiger partial charge in [0.2, 0.25) is 0 Å². The Bertz CT molecular complexity index is 581. The molecule has 0 radical (unpaired) electrons. The first-order valence-electron chi connectivity index (χ1n) is 7.79. The molecule has 124 valence electrons. The van der Waals surface area contributed by atoms with E-state index in [9.17, 15) is 0 Å². The zero-order valence-electron chi connectivity index (χ0n) is 13.8. The summed E-state index contributed by atoms with van der Waals surface area (Å²) in [5, 5.41) is 0. The largest absolute Gasteiger partial charge is 0.370 e. The van der Waals surface area contributed by atoms with Gasteiger partial charge in [-0.3, -0.25) is 4.99 Å². The van der Waals surface area contributed by atoms with Crippen molar-refractivity contribution in [2.75, 3.05) is 12.3 Å². The Balaban J connectivity index is 2.00. The maximum atomic E-state index is 6.16. The van der Waals surface area contributed by atoms with Gasteiger partial charge < -0.3 is 17.2 Å². The van der Waals surface area contributed by atoms with E-state index in [2.05, 4.69) is 48.4 Å². The van der Waals surface area contributed by atoms with E-state index in [1.54, 1.807) is 0 Å². The van der Waals surface area contributed by atoms with Crippen molar-refractivity contribution in [1.82, 2.24) is 0 Å². The smallest absolute Gasteiger partial charge is 0.185 e. The van der Waals surface area contributed by atoms with Crippen LogP contribution in [0.4, 0.5) is 0 Å². The number of thioether (sulfide) groups is 1. The zero-order chi connectivity index (χ0) is 16.9. The number of guanidine groups is 1. The average molecular weight is 331 g/mol. The molecule has 4 nitrogen and oxygen atoms in total. The lowest BCUT2D eigenvalue weighted by atomic mass is 10.0. The van der Waals surface area contributed by atoms with E-state index < -0.39 is 5.54 Å². The van der Waals surface area contributed by atoms with Crippen molar-refractivity contribution in [3.63, 3.8) is 0 Å². The van der Waals surface area contributed by atoms with Gasteiger partial charge in [0, 0.05) is 11.3 Å². The molecule has 0 amide bonds. The third-order valence-electron chi connectivity index (χ3n) is 3.77. The van der Waals surface area contributed by atoms with Crippen LogP contribution in [0.15, 0.2) is 64.7 Å². The molecule has 5 heteroatoms. The van der Waals surface area contributed by atoms with Crippen molar-refractivity contribution < 1.29 is 0 Å². The summed E-state index contributed by atoms with van der Waals surface area (Å²) in [4.78, 5) is 4.02. The molecule has 0 saturated heterocycles. The van der Waals surface area contributed by atoms with Gasteiger partial charge >= 0.3 is 0 Å². The molecule has 0 aromatic heterocycles. The van der Waals surface area contributed by atoms with Gasteiger partial charge in [-0.1, -0.05) is 48.6 Å². The first kappa shape index (κ1) is 17.6. The van der Waals surface area contributed by atoms with Crippen LogP contribution in [-0.2, 0) is 0 Å². The number of nitrogens with two attached hydrogens (primary N) is 3. The summed E-state index contributed by atoms with van der Waals surface area (Å²) in [6.45, 7) is 4.89. The van der Waals surface area contributed by atoms with Crippen molar-refractivity contribution in [3.8, 4) is 0 Å². The van der Waals surface area contributed by atoms with Crippen molar-refractivity contribution >= 4 is 17.7 Å². The molecule has 0 bridgehead atoms. The molecule has 6 N–H and O–H groups in total. The Morgan fingerprint density at radius 1 is 1.00 bits per heavy atom. The summed E-state index contributed by atoms with van der Waals surface area (Å²) in [5.74, 6) is 1.16. The minimum Gasteiger partial charge on any atom is -0.370 e. The lowest BCUT2D eigenvalue weighted by molar-refractivity contribution is 0.736. The fraction of sp³-hybridized carbons (Fsp3) is 0.389. The second-order valence-corrected chi connectivity index (χ2v) is 7.88. The number of hydrogen-bond acceptors (Lipinski definition) is 3. The number of rotatable bonds is 5. The molecule has 2 aliphatic rings. The average Bonchev–Trinajstić information content (AvgIpc) is 2.71. The molecule has 0 unspecified atom stereocenters. The van der Waals surface area contributed by atoms with Gasteiger partial charge in [0.05, 0.1) is 5.54 Å². The van der Waals surface area contributed by atoms with Crippen molar-refractivity contribution in [2.45, 2.75) is 30.6 Å². The Kier molecular flexibility index (Phi) is 5.55. The van der Waals surface area contributed by atoms with Gasteiger partial charge in [-0.2, -0.15) is 0 Å². The van der Waals surface area contributed by atoms with Crippen LogP contribution in [0.25, 0.3) is 0 Å². The Labute approximate surface area is 143 Å². The van der Waals surface area contributed by atoms with E-state index in [-0.39, 0.29) is 10.7 Å². The van der Waals surface area contributed by atoms with Gasteiger partial charge in [0.25, 0.3) is 0 Å². The van der Waals surface area contributed by atoms with Gasteiger partial charge in [-0.25, -0.2) is 0 Å². The van der Waals surface area contributed by atoms with E-state index >= 15 is 0 Å². The quantitative estimate of drug-likeness (QED) is 0.410. The minimum absolute atomic E-state index is 0.0299.